The van der Waals surface area contributed by atoms with Crippen molar-refractivity contribution in [2.45, 2.75) is 13.3 Å². The highest BCUT2D eigenvalue weighted by molar-refractivity contribution is 5.92. The SMILES string of the molecule is CCc1ccc(OCC(=O)OCC(=O)Nc2ccc(F)cc2)cc1. The van der Waals surface area contributed by atoms with Crippen LogP contribution in [0.3, 0.4) is 0 Å². The number of benzene rings is 2. The van der Waals surface area contributed by atoms with E-state index >= 15 is 0 Å². The maximum Gasteiger partial charge on any atom is 0.344 e. The van der Waals surface area contributed by atoms with Gasteiger partial charge in [-0.1, -0.05) is 19.1 Å². The van der Waals surface area contributed by atoms with Gasteiger partial charge in [-0.25, -0.2) is 9.18 Å². The summed E-state index contributed by atoms with van der Waals surface area (Å²) in [6.07, 6.45) is 0.922. The van der Waals surface area contributed by atoms with Crippen LogP contribution in [0.1, 0.15) is 12.5 Å². The van der Waals surface area contributed by atoms with Gasteiger partial charge in [-0.2, -0.15) is 0 Å². The Labute approximate surface area is 139 Å². The van der Waals surface area contributed by atoms with Crippen molar-refractivity contribution in [2.75, 3.05) is 18.5 Å². The molecule has 126 valence electrons. The van der Waals surface area contributed by atoms with E-state index in [-0.39, 0.29) is 6.61 Å². The first kappa shape index (κ1) is 17.5. The molecule has 0 aliphatic rings. The third kappa shape index (κ3) is 5.72. The van der Waals surface area contributed by atoms with Crippen LogP contribution in [0.4, 0.5) is 10.1 Å². The summed E-state index contributed by atoms with van der Waals surface area (Å²) in [7, 11) is 0. The average molecular weight is 331 g/mol. The second-order valence-electron chi connectivity index (χ2n) is 5.00. The molecule has 1 N–H and O–H groups in total. The van der Waals surface area contributed by atoms with Crippen LogP contribution in [-0.2, 0) is 20.7 Å². The second-order valence-corrected chi connectivity index (χ2v) is 5.00. The van der Waals surface area contributed by atoms with E-state index in [1.165, 1.54) is 29.8 Å². The lowest BCUT2D eigenvalue weighted by Crippen LogP contribution is -2.23. The van der Waals surface area contributed by atoms with Gasteiger partial charge in [-0.05, 0) is 48.4 Å². The summed E-state index contributed by atoms with van der Waals surface area (Å²) in [5, 5.41) is 2.49. The number of anilines is 1. The van der Waals surface area contributed by atoms with Gasteiger partial charge in [0.15, 0.2) is 13.2 Å². The molecule has 2 aromatic rings. The van der Waals surface area contributed by atoms with Crippen LogP contribution in [-0.4, -0.2) is 25.1 Å². The molecule has 0 fully saturated rings. The number of halogens is 1. The molecule has 0 aliphatic carbocycles. The minimum absolute atomic E-state index is 0.282. The Morgan fingerprint density at radius 1 is 1.00 bits per heavy atom. The zero-order chi connectivity index (χ0) is 17.4. The van der Waals surface area contributed by atoms with Crippen molar-refractivity contribution >= 4 is 17.6 Å². The molecule has 0 unspecified atom stereocenters. The van der Waals surface area contributed by atoms with Crippen molar-refractivity contribution in [1.29, 1.82) is 0 Å². The molecule has 0 aromatic heterocycles. The van der Waals surface area contributed by atoms with Gasteiger partial charge >= 0.3 is 5.97 Å². The van der Waals surface area contributed by atoms with Crippen molar-refractivity contribution in [3.8, 4) is 5.75 Å². The van der Waals surface area contributed by atoms with Gasteiger partial charge in [0.2, 0.25) is 0 Å². The Morgan fingerprint density at radius 2 is 1.67 bits per heavy atom. The molecule has 2 rings (SSSR count). The molecule has 0 atom stereocenters. The van der Waals surface area contributed by atoms with Crippen LogP contribution >= 0.6 is 0 Å². The van der Waals surface area contributed by atoms with E-state index in [9.17, 15) is 14.0 Å². The highest BCUT2D eigenvalue weighted by Gasteiger charge is 2.09. The molecule has 5 nitrogen and oxygen atoms in total. The van der Waals surface area contributed by atoms with Crippen molar-refractivity contribution in [1.82, 2.24) is 0 Å². The van der Waals surface area contributed by atoms with Crippen LogP contribution < -0.4 is 10.1 Å². The Balaban J connectivity index is 1.70. The van der Waals surface area contributed by atoms with E-state index in [1.54, 1.807) is 12.1 Å². The number of esters is 1. The molecule has 0 saturated heterocycles. The minimum Gasteiger partial charge on any atom is -0.482 e. The van der Waals surface area contributed by atoms with Crippen molar-refractivity contribution in [2.24, 2.45) is 0 Å². The Kier molecular flexibility index (Phi) is 6.31. The fraction of sp³-hybridized carbons (Fsp3) is 0.222. The summed E-state index contributed by atoms with van der Waals surface area (Å²) in [6, 6.07) is 12.6. The summed E-state index contributed by atoms with van der Waals surface area (Å²) >= 11 is 0. The van der Waals surface area contributed by atoms with Gasteiger partial charge in [-0.15, -0.1) is 0 Å². The first-order chi connectivity index (χ1) is 11.6. The van der Waals surface area contributed by atoms with Crippen molar-refractivity contribution < 1.29 is 23.5 Å². The van der Waals surface area contributed by atoms with E-state index in [4.69, 9.17) is 9.47 Å². The Bertz CT molecular complexity index is 683. The second kappa shape index (κ2) is 8.67. The smallest absolute Gasteiger partial charge is 0.344 e. The van der Waals surface area contributed by atoms with Crippen LogP contribution in [0.25, 0.3) is 0 Å². The van der Waals surface area contributed by atoms with Crippen molar-refractivity contribution in [3.05, 3.63) is 59.9 Å². The van der Waals surface area contributed by atoms with E-state index in [0.717, 1.165) is 6.42 Å². The van der Waals surface area contributed by atoms with E-state index < -0.39 is 24.3 Å². The monoisotopic (exact) mass is 331 g/mol. The molecular weight excluding hydrogens is 313 g/mol. The van der Waals surface area contributed by atoms with Gasteiger partial charge in [0, 0.05) is 5.69 Å². The Morgan fingerprint density at radius 3 is 2.29 bits per heavy atom. The summed E-state index contributed by atoms with van der Waals surface area (Å²) in [6.45, 7) is 1.33. The minimum atomic E-state index is -0.649. The summed E-state index contributed by atoms with van der Waals surface area (Å²) in [4.78, 5) is 23.2. The first-order valence-electron chi connectivity index (χ1n) is 7.49. The largest absolute Gasteiger partial charge is 0.482 e. The predicted octanol–water partition coefficient (Wildman–Crippen LogP) is 2.95. The maximum atomic E-state index is 12.7. The summed E-state index contributed by atoms with van der Waals surface area (Å²) in [5.41, 5.74) is 1.59. The highest BCUT2D eigenvalue weighted by Crippen LogP contribution is 2.12. The number of aryl methyl sites for hydroxylation is 1. The normalized spacial score (nSPS) is 10.1. The zero-order valence-electron chi connectivity index (χ0n) is 13.3. The van der Waals surface area contributed by atoms with Crippen LogP contribution in [0.15, 0.2) is 48.5 Å². The lowest BCUT2D eigenvalue weighted by atomic mass is 10.2. The fourth-order valence-electron chi connectivity index (χ4n) is 1.88. The maximum absolute atomic E-state index is 12.7. The van der Waals surface area contributed by atoms with Crippen LogP contribution in [0.2, 0.25) is 0 Å². The van der Waals surface area contributed by atoms with Gasteiger partial charge < -0.3 is 14.8 Å². The first-order valence-corrected chi connectivity index (χ1v) is 7.49. The fourth-order valence-corrected chi connectivity index (χ4v) is 1.88. The standard InChI is InChI=1S/C18H18FNO4/c1-2-13-3-9-16(10-4-13)23-12-18(22)24-11-17(21)20-15-7-5-14(19)6-8-15/h3-10H,2,11-12H2,1H3,(H,20,21). The topological polar surface area (TPSA) is 64.6 Å². The van der Waals surface area contributed by atoms with Crippen molar-refractivity contribution in [3.63, 3.8) is 0 Å². The molecule has 6 heteroatoms. The average Bonchev–Trinajstić information content (AvgIpc) is 2.60. The lowest BCUT2D eigenvalue weighted by molar-refractivity contribution is -0.149. The van der Waals surface area contributed by atoms with Crippen LogP contribution in [0, 0.1) is 5.82 Å². The quantitative estimate of drug-likeness (QED) is 0.792. The van der Waals surface area contributed by atoms with Gasteiger partial charge in [-0.3, -0.25) is 4.79 Å². The third-order valence-electron chi connectivity index (χ3n) is 3.18. The molecule has 24 heavy (non-hydrogen) atoms. The molecule has 0 spiro atoms. The third-order valence-corrected chi connectivity index (χ3v) is 3.18. The van der Waals surface area contributed by atoms with E-state index in [0.29, 0.717) is 11.4 Å². The number of rotatable bonds is 7. The lowest BCUT2D eigenvalue weighted by Gasteiger charge is -2.08. The molecule has 0 aliphatic heterocycles. The molecule has 1 amide bonds. The highest BCUT2D eigenvalue weighted by atomic mass is 19.1. The number of hydrogen-bond donors (Lipinski definition) is 1. The molecule has 0 saturated carbocycles. The molecule has 0 heterocycles. The molecule has 2 aromatic carbocycles. The van der Waals surface area contributed by atoms with Gasteiger partial charge in [0.1, 0.15) is 11.6 Å². The number of carbonyl (C=O) groups excluding carboxylic acids is 2. The summed E-state index contributed by atoms with van der Waals surface area (Å²) < 4.78 is 22.8. The molecular formula is C18H18FNO4. The number of amides is 1. The molecule has 0 radical (unpaired) electrons. The van der Waals surface area contributed by atoms with E-state index in [2.05, 4.69) is 5.32 Å². The zero-order valence-corrected chi connectivity index (χ0v) is 13.3. The van der Waals surface area contributed by atoms with Gasteiger partial charge in [0.05, 0.1) is 0 Å². The molecule has 0 bridgehead atoms. The predicted molar refractivity (Wildman–Crippen MR) is 87.3 cm³/mol. The number of nitrogens with one attached hydrogen (secondary N) is 1. The number of ether oxygens (including phenoxy) is 2. The summed E-state index contributed by atoms with van der Waals surface area (Å²) in [5.74, 6) is -1.01. The van der Waals surface area contributed by atoms with Gasteiger partial charge in [0.25, 0.3) is 5.91 Å². The Hall–Kier alpha value is -2.89. The number of hydrogen-bond acceptors (Lipinski definition) is 4. The van der Waals surface area contributed by atoms with Crippen LogP contribution in [0.5, 0.6) is 5.75 Å². The number of carbonyl (C=O) groups is 2. The van der Waals surface area contributed by atoms with E-state index in [1.807, 2.05) is 19.1 Å².